The highest BCUT2D eigenvalue weighted by atomic mass is 16.2. The summed E-state index contributed by atoms with van der Waals surface area (Å²) in [6, 6.07) is 6.86. The van der Waals surface area contributed by atoms with Crippen LogP contribution in [0.3, 0.4) is 0 Å². The average molecular weight is 329 g/mol. The zero-order valence-corrected chi connectivity index (χ0v) is 14.4. The molecule has 1 amide bonds. The maximum absolute atomic E-state index is 12.9. The Labute approximate surface area is 142 Å². The summed E-state index contributed by atoms with van der Waals surface area (Å²) in [6.07, 6.45) is 3.49. The SMILES string of the molecule is CCN(C(=O)C[NH+]1CCCCC1)C1(C)C(=O)c2ccccc2C1=O. The molecule has 5 nitrogen and oxygen atoms in total. The van der Waals surface area contributed by atoms with E-state index in [4.69, 9.17) is 0 Å². The fraction of sp³-hybridized carbons (Fsp3) is 0.526. The van der Waals surface area contributed by atoms with Gasteiger partial charge < -0.3 is 9.80 Å². The number of piperidine rings is 1. The second-order valence-electron chi connectivity index (χ2n) is 6.90. The number of amides is 1. The van der Waals surface area contributed by atoms with Crippen molar-refractivity contribution in [3.8, 4) is 0 Å². The van der Waals surface area contributed by atoms with Gasteiger partial charge in [-0.15, -0.1) is 0 Å². The number of likely N-dealkylation sites (N-methyl/N-ethyl adjacent to an activating group) is 1. The zero-order chi connectivity index (χ0) is 17.3. The number of nitrogens with zero attached hydrogens (tertiary/aromatic N) is 1. The third-order valence-corrected chi connectivity index (χ3v) is 5.42. The van der Waals surface area contributed by atoms with Crippen LogP contribution in [0.15, 0.2) is 24.3 Å². The molecular formula is C19H25N2O3+. The average Bonchev–Trinajstić information content (AvgIpc) is 2.79. The van der Waals surface area contributed by atoms with E-state index in [0.29, 0.717) is 24.2 Å². The lowest BCUT2D eigenvalue weighted by Gasteiger charge is -2.36. The van der Waals surface area contributed by atoms with Crippen LogP contribution in [0.4, 0.5) is 0 Å². The van der Waals surface area contributed by atoms with Gasteiger partial charge in [-0.3, -0.25) is 14.4 Å². The number of Topliss-reactive ketones (excluding diaryl/α,β-unsaturated/α-hetero) is 2. The maximum Gasteiger partial charge on any atom is 0.278 e. The normalized spacial score (nSPS) is 20.1. The molecule has 2 aliphatic rings. The van der Waals surface area contributed by atoms with E-state index in [9.17, 15) is 14.4 Å². The van der Waals surface area contributed by atoms with Crippen molar-refractivity contribution in [2.45, 2.75) is 38.6 Å². The van der Waals surface area contributed by atoms with Gasteiger partial charge in [0.15, 0.2) is 23.7 Å². The van der Waals surface area contributed by atoms with Gasteiger partial charge in [-0.25, -0.2) is 0 Å². The summed E-state index contributed by atoms with van der Waals surface area (Å²) in [7, 11) is 0. The van der Waals surface area contributed by atoms with E-state index in [1.165, 1.54) is 16.2 Å². The molecule has 0 radical (unpaired) electrons. The molecule has 5 heteroatoms. The fourth-order valence-corrected chi connectivity index (χ4v) is 4.03. The highest BCUT2D eigenvalue weighted by molar-refractivity contribution is 6.33. The predicted molar refractivity (Wildman–Crippen MR) is 90.3 cm³/mol. The number of carbonyl (C=O) groups excluding carboxylic acids is 3. The van der Waals surface area contributed by atoms with Crippen LogP contribution in [0.1, 0.15) is 53.8 Å². The van der Waals surface area contributed by atoms with Crippen LogP contribution in [0, 0.1) is 0 Å². The number of likely N-dealkylation sites (tertiary alicyclic amines) is 1. The van der Waals surface area contributed by atoms with Gasteiger partial charge in [0.1, 0.15) is 0 Å². The molecule has 128 valence electrons. The first-order valence-electron chi connectivity index (χ1n) is 8.82. The van der Waals surface area contributed by atoms with Gasteiger partial charge in [0.2, 0.25) is 0 Å². The first-order chi connectivity index (χ1) is 11.5. The second kappa shape index (κ2) is 6.48. The Morgan fingerprint density at radius 3 is 2.12 bits per heavy atom. The Balaban J connectivity index is 1.86. The Bertz CT molecular complexity index is 642. The minimum absolute atomic E-state index is 0.105. The molecule has 0 atom stereocenters. The van der Waals surface area contributed by atoms with E-state index in [1.807, 2.05) is 6.92 Å². The first-order valence-corrected chi connectivity index (χ1v) is 8.82. The van der Waals surface area contributed by atoms with Crippen LogP contribution < -0.4 is 4.90 Å². The third-order valence-electron chi connectivity index (χ3n) is 5.42. The van der Waals surface area contributed by atoms with Crippen molar-refractivity contribution >= 4 is 17.5 Å². The summed E-state index contributed by atoms with van der Waals surface area (Å²) in [5.41, 5.74) is -0.534. The number of hydrogen-bond acceptors (Lipinski definition) is 3. The summed E-state index contributed by atoms with van der Waals surface area (Å²) in [4.78, 5) is 41.4. The molecule has 1 heterocycles. The van der Waals surface area contributed by atoms with Crippen molar-refractivity contribution in [3.63, 3.8) is 0 Å². The smallest absolute Gasteiger partial charge is 0.278 e. The van der Waals surface area contributed by atoms with Crippen LogP contribution >= 0.6 is 0 Å². The number of fused-ring (bicyclic) bond motifs is 1. The van der Waals surface area contributed by atoms with Crippen LogP contribution in [0.5, 0.6) is 0 Å². The maximum atomic E-state index is 12.9. The Hall–Kier alpha value is -2.01. The molecule has 1 fully saturated rings. The number of nitrogens with one attached hydrogen (secondary N) is 1. The van der Waals surface area contributed by atoms with Crippen molar-refractivity contribution in [2.24, 2.45) is 0 Å². The lowest BCUT2D eigenvalue weighted by Crippen LogP contribution is -3.14. The quantitative estimate of drug-likeness (QED) is 0.829. The van der Waals surface area contributed by atoms with E-state index < -0.39 is 5.54 Å². The monoisotopic (exact) mass is 329 g/mol. The molecule has 3 rings (SSSR count). The topological polar surface area (TPSA) is 58.9 Å². The van der Waals surface area contributed by atoms with Crippen molar-refractivity contribution < 1.29 is 19.3 Å². The summed E-state index contributed by atoms with van der Waals surface area (Å²) >= 11 is 0. The Morgan fingerprint density at radius 1 is 1.08 bits per heavy atom. The molecule has 0 saturated carbocycles. The van der Waals surface area contributed by atoms with Crippen molar-refractivity contribution in [1.82, 2.24) is 4.90 Å². The number of hydrogen-bond donors (Lipinski definition) is 1. The van der Waals surface area contributed by atoms with Crippen LogP contribution in [-0.4, -0.2) is 54.1 Å². The molecule has 0 aromatic heterocycles. The van der Waals surface area contributed by atoms with Crippen molar-refractivity contribution in [2.75, 3.05) is 26.2 Å². The highest BCUT2D eigenvalue weighted by Gasteiger charge is 2.54. The van der Waals surface area contributed by atoms with Gasteiger partial charge in [-0.05, 0) is 33.1 Å². The van der Waals surface area contributed by atoms with E-state index >= 15 is 0 Å². The number of carbonyl (C=O) groups is 3. The van der Waals surface area contributed by atoms with Crippen LogP contribution in [0.25, 0.3) is 0 Å². The molecule has 0 bridgehead atoms. The van der Waals surface area contributed by atoms with Gasteiger partial charge in [0.05, 0.1) is 13.1 Å². The number of benzene rings is 1. The minimum atomic E-state index is -1.40. The van der Waals surface area contributed by atoms with Crippen LogP contribution in [0.2, 0.25) is 0 Å². The molecule has 1 aliphatic carbocycles. The molecule has 1 aliphatic heterocycles. The lowest BCUT2D eigenvalue weighted by atomic mass is 9.93. The highest BCUT2D eigenvalue weighted by Crippen LogP contribution is 2.34. The summed E-state index contributed by atoms with van der Waals surface area (Å²) in [5, 5.41) is 0. The predicted octanol–water partition coefficient (Wildman–Crippen LogP) is 0.742. The van der Waals surface area contributed by atoms with Gasteiger partial charge in [-0.2, -0.15) is 0 Å². The fourth-order valence-electron chi connectivity index (χ4n) is 4.03. The molecule has 24 heavy (non-hydrogen) atoms. The Morgan fingerprint density at radius 2 is 1.62 bits per heavy atom. The molecule has 0 spiro atoms. The van der Waals surface area contributed by atoms with Crippen LogP contribution in [-0.2, 0) is 4.79 Å². The van der Waals surface area contributed by atoms with E-state index in [2.05, 4.69) is 0 Å². The molecule has 1 N–H and O–H groups in total. The molecular weight excluding hydrogens is 304 g/mol. The molecule has 1 aromatic carbocycles. The van der Waals surface area contributed by atoms with E-state index in [1.54, 1.807) is 31.2 Å². The molecule has 1 saturated heterocycles. The standard InChI is InChI=1S/C19H24N2O3/c1-3-21(16(22)13-20-11-7-4-8-12-20)19(2)17(23)14-9-5-6-10-15(14)18(19)24/h5-6,9-10H,3-4,7-8,11-13H2,1-2H3/p+1. The summed E-state index contributed by atoms with van der Waals surface area (Å²) < 4.78 is 0. The Kier molecular flexibility index (Phi) is 4.54. The third kappa shape index (κ3) is 2.57. The van der Waals surface area contributed by atoms with Gasteiger partial charge in [0, 0.05) is 17.7 Å². The zero-order valence-electron chi connectivity index (χ0n) is 14.4. The second-order valence-corrected chi connectivity index (χ2v) is 6.90. The van der Waals surface area contributed by atoms with E-state index in [0.717, 1.165) is 25.9 Å². The number of ketones is 2. The molecule has 1 aromatic rings. The van der Waals surface area contributed by atoms with Gasteiger partial charge in [0.25, 0.3) is 5.91 Å². The van der Waals surface area contributed by atoms with E-state index in [-0.39, 0.29) is 17.5 Å². The minimum Gasteiger partial charge on any atom is -0.327 e. The van der Waals surface area contributed by atoms with Gasteiger partial charge in [-0.1, -0.05) is 24.3 Å². The summed E-state index contributed by atoms with van der Waals surface area (Å²) in [6.45, 7) is 6.13. The number of rotatable bonds is 4. The van der Waals surface area contributed by atoms with Gasteiger partial charge >= 0.3 is 0 Å². The van der Waals surface area contributed by atoms with Crippen molar-refractivity contribution in [1.29, 1.82) is 0 Å². The summed E-state index contributed by atoms with van der Waals surface area (Å²) in [5.74, 6) is -0.620. The lowest BCUT2D eigenvalue weighted by molar-refractivity contribution is -0.897. The van der Waals surface area contributed by atoms with Crippen molar-refractivity contribution in [3.05, 3.63) is 35.4 Å². The molecule has 0 unspecified atom stereocenters. The largest absolute Gasteiger partial charge is 0.327 e. The first kappa shape index (κ1) is 16.8. The number of quaternary nitrogens is 1.